The molecule has 2 heterocycles. The molecule has 2 N–H and O–H groups in total. The van der Waals surface area contributed by atoms with Crippen molar-refractivity contribution >= 4 is 28.1 Å². The van der Waals surface area contributed by atoms with Gasteiger partial charge < -0.3 is 10.3 Å². The van der Waals surface area contributed by atoms with Gasteiger partial charge in [-0.3, -0.25) is 4.79 Å². The molecule has 3 aromatic rings. The van der Waals surface area contributed by atoms with Crippen LogP contribution in [0.15, 0.2) is 48.0 Å². The highest BCUT2D eigenvalue weighted by atomic mass is 32.1. The van der Waals surface area contributed by atoms with Gasteiger partial charge in [-0.1, -0.05) is 38.1 Å². The van der Waals surface area contributed by atoms with Gasteiger partial charge >= 0.3 is 0 Å². The van der Waals surface area contributed by atoms with Gasteiger partial charge in [-0.25, -0.2) is 0 Å². The van der Waals surface area contributed by atoms with Crippen molar-refractivity contribution in [1.82, 2.24) is 10.3 Å². The zero-order chi connectivity index (χ0) is 14.9. The topological polar surface area (TPSA) is 44.9 Å². The van der Waals surface area contributed by atoms with E-state index in [4.69, 9.17) is 0 Å². The highest BCUT2D eigenvalue weighted by Crippen LogP contribution is 2.29. The first-order valence-electron chi connectivity index (χ1n) is 6.96. The third kappa shape index (κ3) is 2.72. The standard InChI is InChI=1S/C17H18N2OS/c1-17(2,11-19-16(20)15-8-5-9-21-15)13-10-18-14-7-4-3-6-12(13)14/h3-10,18H,11H2,1-2H3,(H,19,20). The first-order valence-corrected chi connectivity index (χ1v) is 7.84. The number of carbonyl (C=O) groups is 1. The maximum Gasteiger partial charge on any atom is 0.261 e. The molecule has 0 unspecified atom stereocenters. The maximum absolute atomic E-state index is 12.1. The Morgan fingerprint density at radius 2 is 2.05 bits per heavy atom. The van der Waals surface area contributed by atoms with Crippen molar-refractivity contribution in [3.63, 3.8) is 0 Å². The van der Waals surface area contributed by atoms with Gasteiger partial charge in [0.2, 0.25) is 0 Å². The highest BCUT2D eigenvalue weighted by Gasteiger charge is 2.24. The average molecular weight is 298 g/mol. The van der Waals surface area contributed by atoms with Crippen molar-refractivity contribution in [2.24, 2.45) is 0 Å². The largest absolute Gasteiger partial charge is 0.361 e. The normalized spacial score (nSPS) is 11.7. The van der Waals surface area contributed by atoms with E-state index in [2.05, 4.69) is 36.3 Å². The van der Waals surface area contributed by atoms with E-state index in [0.717, 1.165) is 10.4 Å². The van der Waals surface area contributed by atoms with E-state index in [0.29, 0.717) is 6.54 Å². The molecule has 1 amide bonds. The molecule has 0 aliphatic carbocycles. The molecule has 0 bridgehead atoms. The van der Waals surface area contributed by atoms with Gasteiger partial charge in [0.1, 0.15) is 0 Å². The van der Waals surface area contributed by atoms with Gasteiger partial charge in [-0.05, 0) is 23.1 Å². The number of amides is 1. The summed E-state index contributed by atoms with van der Waals surface area (Å²) in [5.74, 6) is -0.00193. The number of hydrogen-bond donors (Lipinski definition) is 2. The number of thiophene rings is 1. The van der Waals surface area contributed by atoms with Crippen molar-refractivity contribution < 1.29 is 4.79 Å². The second-order valence-corrected chi connectivity index (χ2v) is 6.74. The number of fused-ring (bicyclic) bond motifs is 1. The summed E-state index contributed by atoms with van der Waals surface area (Å²) in [6.07, 6.45) is 2.04. The number of H-pyrrole nitrogens is 1. The smallest absolute Gasteiger partial charge is 0.261 e. The summed E-state index contributed by atoms with van der Waals surface area (Å²) in [6.45, 7) is 4.90. The Balaban J connectivity index is 1.79. The van der Waals surface area contributed by atoms with Crippen molar-refractivity contribution in [1.29, 1.82) is 0 Å². The minimum atomic E-state index is -0.132. The van der Waals surface area contributed by atoms with Crippen LogP contribution in [0.1, 0.15) is 29.1 Å². The third-order valence-electron chi connectivity index (χ3n) is 3.75. The van der Waals surface area contributed by atoms with Crippen LogP contribution in [0.25, 0.3) is 10.9 Å². The number of para-hydroxylation sites is 1. The van der Waals surface area contributed by atoms with E-state index in [1.54, 1.807) is 0 Å². The molecule has 0 saturated heterocycles. The van der Waals surface area contributed by atoms with Crippen LogP contribution in [0.3, 0.4) is 0 Å². The van der Waals surface area contributed by atoms with Crippen LogP contribution in [0.5, 0.6) is 0 Å². The first-order chi connectivity index (χ1) is 10.1. The van der Waals surface area contributed by atoms with Gasteiger partial charge in [0.25, 0.3) is 5.91 Å². The Bertz CT molecular complexity index is 756. The number of hydrogen-bond acceptors (Lipinski definition) is 2. The van der Waals surface area contributed by atoms with E-state index in [-0.39, 0.29) is 11.3 Å². The molecule has 2 aromatic heterocycles. The second kappa shape index (κ2) is 5.37. The van der Waals surface area contributed by atoms with Gasteiger partial charge in [0, 0.05) is 29.1 Å². The van der Waals surface area contributed by atoms with Crippen molar-refractivity contribution in [3.05, 3.63) is 58.4 Å². The van der Waals surface area contributed by atoms with E-state index < -0.39 is 0 Å². The molecule has 3 rings (SSSR count). The zero-order valence-corrected chi connectivity index (χ0v) is 13.0. The Morgan fingerprint density at radius 1 is 1.24 bits per heavy atom. The maximum atomic E-state index is 12.1. The van der Waals surface area contributed by atoms with Gasteiger partial charge in [0.15, 0.2) is 0 Å². The molecule has 0 aliphatic heterocycles. The SMILES string of the molecule is CC(C)(CNC(=O)c1cccs1)c1c[nH]c2ccccc12. The molecule has 0 saturated carbocycles. The molecule has 3 nitrogen and oxygen atoms in total. The lowest BCUT2D eigenvalue weighted by Crippen LogP contribution is -2.36. The minimum absolute atomic E-state index is 0.00193. The van der Waals surface area contributed by atoms with Gasteiger partial charge in [0.05, 0.1) is 4.88 Å². The summed E-state index contributed by atoms with van der Waals surface area (Å²) in [7, 11) is 0. The summed E-state index contributed by atoms with van der Waals surface area (Å²) in [5, 5.41) is 6.17. The van der Waals surface area contributed by atoms with E-state index in [1.165, 1.54) is 22.3 Å². The Kier molecular flexibility index (Phi) is 3.55. The fourth-order valence-corrected chi connectivity index (χ4v) is 3.16. The molecular weight excluding hydrogens is 280 g/mol. The Labute approximate surface area is 128 Å². The molecule has 0 atom stereocenters. The second-order valence-electron chi connectivity index (χ2n) is 5.79. The summed E-state index contributed by atoms with van der Waals surface area (Å²) >= 11 is 1.46. The van der Waals surface area contributed by atoms with E-state index in [9.17, 15) is 4.79 Å². The zero-order valence-electron chi connectivity index (χ0n) is 12.1. The summed E-state index contributed by atoms with van der Waals surface area (Å²) in [5.41, 5.74) is 2.22. The molecule has 0 aliphatic rings. The van der Waals surface area contributed by atoms with Gasteiger partial charge in [-0.2, -0.15) is 0 Å². The molecule has 108 valence electrons. The lowest BCUT2D eigenvalue weighted by Gasteiger charge is -2.24. The molecule has 0 fully saturated rings. The van der Waals surface area contributed by atoms with E-state index >= 15 is 0 Å². The minimum Gasteiger partial charge on any atom is -0.361 e. The molecule has 0 spiro atoms. The monoisotopic (exact) mass is 298 g/mol. The van der Waals surface area contributed by atoms with Crippen LogP contribution in [-0.2, 0) is 5.41 Å². The van der Waals surface area contributed by atoms with Crippen LogP contribution in [-0.4, -0.2) is 17.4 Å². The van der Waals surface area contributed by atoms with Crippen LogP contribution < -0.4 is 5.32 Å². The average Bonchev–Trinajstić information content (AvgIpc) is 3.14. The Hall–Kier alpha value is -2.07. The predicted octanol–water partition coefficient (Wildman–Crippen LogP) is 3.94. The molecule has 0 radical (unpaired) electrons. The number of aromatic amines is 1. The Morgan fingerprint density at radius 3 is 2.81 bits per heavy atom. The quantitative estimate of drug-likeness (QED) is 0.753. The highest BCUT2D eigenvalue weighted by molar-refractivity contribution is 7.12. The number of aromatic nitrogens is 1. The first kappa shape index (κ1) is 13.9. The number of benzene rings is 1. The molecule has 21 heavy (non-hydrogen) atoms. The van der Waals surface area contributed by atoms with Crippen molar-refractivity contribution in [2.45, 2.75) is 19.3 Å². The van der Waals surface area contributed by atoms with Gasteiger partial charge in [-0.15, -0.1) is 11.3 Å². The lowest BCUT2D eigenvalue weighted by atomic mass is 9.84. The number of carbonyl (C=O) groups excluding carboxylic acids is 1. The van der Waals surface area contributed by atoms with Crippen LogP contribution >= 0.6 is 11.3 Å². The van der Waals surface area contributed by atoms with Crippen LogP contribution in [0.4, 0.5) is 0 Å². The summed E-state index contributed by atoms with van der Waals surface area (Å²) < 4.78 is 0. The molecule has 1 aromatic carbocycles. The predicted molar refractivity (Wildman–Crippen MR) is 88.0 cm³/mol. The van der Waals surface area contributed by atoms with Crippen LogP contribution in [0.2, 0.25) is 0 Å². The fourth-order valence-electron chi connectivity index (χ4n) is 2.52. The van der Waals surface area contributed by atoms with Crippen molar-refractivity contribution in [3.8, 4) is 0 Å². The lowest BCUT2D eigenvalue weighted by molar-refractivity contribution is 0.0950. The van der Waals surface area contributed by atoms with Crippen LogP contribution in [0, 0.1) is 0 Å². The third-order valence-corrected chi connectivity index (χ3v) is 4.62. The number of rotatable bonds is 4. The fraction of sp³-hybridized carbons (Fsp3) is 0.235. The molecule has 4 heteroatoms. The van der Waals surface area contributed by atoms with Crippen molar-refractivity contribution in [2.75, 3.05) is 6.54 Å². The summed E-state index contributed by atoms with van der Waals surface area (Å²) in [6, 6.07) is 12.0. The molecular formula is C17H18N2OS. The van der Waals surface area contributed by atoms with E-state index in [1.807, 2.05) is 35.8 Å². The summed E-state index contributed by atoms with van der Waals surface area (Å²) in [4.78, 5) is 16.1. The number of nitrogens with one attached hydrogen (secondary N) is 2.